The third kappa shape index (κ3) is 2.30. The number of halogens is 2. The number of nitrogens with zero attached hydrogens (tertiary/aromatic N) is 3. The lowest BCUT2D eigenvalue weighted by molar-refractivity contribution is 0.628. The molecule has 0 bridgehead atoms. The highest BCUT2D eigenvalue weighted by molar-refractivity contribution is 6.33. The summed E-state index contributed by atoms with van der Waals surface area (Å²) in [7, 11) is 1.85. The predicted octanol–water partition coefficient (Wildman–Crippen LogP) is 2.22. The van der Waals surface area contributed by atoms with Crippen LogP contribution in [0, 0.1) is 5.82 Å². The molecular weight excluding hydrogens is 231 g/mol. The van der Waals surface area contributed by atoms with E-state index in [9.17, 15) is 4.39 Å². The Morgan fingerprint density at radius 3 is 2.94 bits per heavy atom. The molecule has 1 N–H and O–H groups in total. The summed E-state index contributed by atoms with van der Waals surface area (Å²) in [6.45, 7) is 0.488. The minimum Gasteiger partial charge on any atom is -0.377 e. The first-order chi connectivity index (χ1) is 7.66. The molecule has 0 aliphatic rings. The molecule has 0 aliphatic heterocycles. The minimum atomic E-state index is -0.353. The molecule has 0 saturated carbocycles. The molecule has 0 atom stereocenters. The van der Waals surface area contributed by atoms with Crippen LogP contribution in [0.2, 0.25) is 5.02 Å². The molecule has 1 aromatic carbocycles. The Hall–Kier alpha value is -1.62. The fourth-order valence-corrected chi connectivity index (χ4v) is 1.51. The van der Waals surface area contributed by atoms with Gasteiger partial charge in [0.1, 0.15) is 12.1 Å². The zero-order chi connectivity index (χ0) is 11.5. The first-order valence-corrected chi connectivity index (χ1v) is 5.06. The molecule has 16 heavy (non-hydrogen) atoms. The summed E-state index contributed by atoms with van der Waals surface area (Å²) in [4.78, 5) is 0. The Labute approximate surface area is 97.1 Å². The maximum atomic E-state index is 12.8. The van der Waals surface area contributed by atoms with Crippen molar-refractivity contribution >= 4 is 17.3 Å². The van der Waals surface area contributed by atoms with Crippen LogP contribution in [-0.2, 0) is 13.6 Å². The van der Waals surface area contributed by atoms with Crippen LogP contribution in [0.25, 0.3) is 0 Å². The highest BCUT2D eigenvalue weighted by Gasteiger charge is 2.04. The van der Waals surface area contributed by atoms with Gasteiger partial charge in [0.25, 0.3) is 0 Å². The van der Waals surface area contributed by atoms with E-state index < -0.39 is 0 Å². The number of anilines is 1. The molecule has 84 valence electrons. The molecule has 6 heteroatoms. The Kier molecular flexibility index (Phi) is 3.05. The van der Waals surface area contributed by atoms with Crippen LogP contribution in [0.3, 0.4) is 0 Å². The van der Waals surface area contributed by atoms with Crippen LogP contribution in [0.4, 0.5) is 10.1 Å². The highest BCUT2D eigenvalue weighted by Crippen LogP contribution is 2.22. The van der Waals surface area contributed by atoms with Crippen LogP contribution in [0.1, 0.15) is 5.82 Å². The van der Waals surface area contributed by atoms with Gasteiger partial charge in [-0.2, -0.15) is 0 Å². The maximum Gasteiger partial charge on any atom is 0.151 e. The maximum absolute atomic E-state index is 12.8. The second-order valence-corrected chi connectivity index (χ2v) is 3.74. The van der Waals surface area contributed by atoms with Crippen molar-refractivity contribution in [1.82, 2.24) is 14.8 Å². The fraction of sp³-hybridized carbons (Fsp3) is 0.200. The topological polar surface area (TPSA) is 42.7 Å². The van der Waals surface area contributed by atoms with Gasteiger partial charge in [-0.3, -0.25) is 0 Å². The molecule has 0 aliphatic carbocycles. The summed E-state index contributed by atoms with van der Waals surface area (Å²) >= 11 is 5.86. The Morgan fingerprint density at radius 1 is 1.50 bits per heavy atom. The van der Waals surface area contributed by atoms with E-state index in [1.54, 1.807) is 17.0 Å². The summed E-state index contributed by atoms with van der Waals surface area (Å²) < 4.78 is 14.6. The van der Waals surface area contributed by atoms with Gasteiger partial charge in [0.15, 0.2) is 5.82 Å². The van der Waals surface area contributed by atoms with Gasteiger partial charge in [0.2, 0.25) is 0 Å². The van der Waals surface area contributed by atoms with Gasteiger partial charge in [-0.05, 0) is 18.2 Å². The third-order valence-corrected chi connectivity index (χ3v) is 2.49. The van der Waals surface area contributed by atoms with E-state index in [4.69, 9.17) is 11.6 Å². The van der Waals surface area contributed by atoms with Crippen molar-refractivity contribution in [1.29, 1.82) is 0 Å². The minimum absolute atomic E-state index is 0.349. The van der Waals surface area contributed by atoms with Gasteiger partial charge in [-0.1, -0.05) is 11.6 Å². The lowest BCUT2D eigenvalue weighted by Gasteiger charge is -2.07. The van der Waals surface area contributed by atoms with Crippen LogP contribution in [-0.4, -0.2) is 14.8 Å². The smallest absolute Gasteiger partial charge is 0.151 e. The molecule has 2 aromatic rings. The number of hydrogen-bond donors (Lipinski definition) is 1. The van der Waals surface area contributed by atoms with Gasteiger partial charge < -0.3 is 9.88 Å². The molecule has 0 fully saturated rings. The van der Waals surface area contributed by atoms with E-state index in [2.05, 4.69) is 15.5 Å². The highest BCUT2D eigenvalue weighted by atomic mass is 35.5. The molecule has 0 radical (unpaired) electrons. The lowest BCUT2D eigenvalue weighted by atomic mass is 10.3. The average molecular weight is 241 g/mol. The standard InChI is InChI=1S/C10H10ClFN4/c1-16-6-14-15-10(16)5-13-9-3-2-7(12)4-8(9)11/h2-4,6,13H,5H2,1H3. The third-order valence-electron chi connectivity index (χ3n) is 2.17. The second kappa shape index (κ2) is 4.49. The van der Waals surface area contributed by atoms with E-state index in [1.807, 2.05) is 7.05 Å². The Balaban J connectivity index is 2.08. The Bertz CT molecular complexity index is 497. The molecule has 0 unspecified atom stereocenters. The second-order valence-electron chi connectivity index (χ2n) is 3.34. The molecule has 0 amide bonds. The summed E-state index contributed by atoms with van der Waals surface area (Å²) in [6.07, 6.45) is 1.61. The molecule has 0 spiro atoms. The van der Waals surface area contributed by atoms with E-state index in [1.165, 1.54) is 12.1 Å². The van der Waals surface area contributed by atoms with Crippen molar-refractivity contribution in [3.63, 3.8) is 0 Å². The fourth-order valence-electron chi connectivity index (χ4n) is 1.27. The summed E-state index contributed by atoms with van der Waals surface area (Å²) in [5.41, 5.74) is 0.672. The lowest BCUT2D eigenvalue weighted by Crippen LogP contribution is -2.06. The van der Waals surface area contributed by atoms with Crippen molar-refractivity contribution in [3.8, 4) is 0 Å². The van der Waals surface area contributed by atoms with E-state index >= 15 is 0 Å². The van der Waals surface area contributed by atoms with Crippen molar-refractivity contribution in [2.24, 2.45) is 7.05 Å². The first-order valence-electron chi connectivity index (χ1n) is 4.68. The van der Waals surface area contributed by atoms with Crippen molar-refractivity contribution in [3.05, 3.63) is 41.2 Å². The van der Waals surface area contributed by atoms with Crippen LogP contribution >= 0.6 is 11.6 Å². The summed E-state index contributed by atoms with van der Waals surface area (Å²) in [5, 5.41) is 11.1. The zero-order valence-electron chi connectivity index (χ0n) is 8.61. The average Bonchev–Trinajstić information content (AvgIpc) is 2.63. The molecule has 2 rings (SSSR count). The summed E-state index contributed by atoms with van der Waals surface area (Å²) in [5.74, 6) is 0.426. The van der Waals surface area contributed by atoms with Gasteiger partial charge in [-0.15, -0.1) is 10.2 Å². The first kappa shape index (κ1) is 10.9. The predicted molar refractivity (Wildman–Crippen MR) is 59.7 cm³/mol. The quantitative estimate of drug-likeness (QED) is 0.895. The van der Waals surface area contributed by atoms with Gasteiger partial charge >= 0.3 is 0 Å². The Morgan fingerprint density at radius 2 is 2.31 bits per heavy atom. The summed E-state index contributed by atoms with van der Waals surface area (Å²) in [6, 6.07) is 4.21. The zero-order valence-corrected chi connectivity index (χ0v) is 9.37. The molecular formula is C10H10ClFN4. The van der Waals surface area contributed by atoms with Crippen molar-refractivity contribution < 1.29 is 4.39 Å². The number of rotatable bonds is 3. The number of aryl methyl sites for hydroxylation is 1. The molecule has 0 saturated heterocycles. The number of aromatic nitrogens is 3. The molecule has 1 aromatic heterocycles. The molecule has 4 nitrogen and oxygen atoms in total. The van der Waals surface area contributed by atoms with Gasteiger partial charge in [0.05, 0.1) is 17.3 Å². The number of nitrogens with one attached hydrogen (secondary N) is 1. The monoisotopic (exact) mass is 240 g/mol. The van der Waals surface area contributed by atoms with Crippen LogP contribution < -0.4 is 5.32 Å². The van der Waals surface area contributed by atoms with Gasteiger partial charge in [0, 0.05) is 7.05 Å². The SMILES string of the molecule is Cn1cnnc1CNc1ccc(F)cc1Cl. The van der Waals surface area contributed by atoms with Crippen LogP contribution in [0.5, 0.6) is 0 Å². The molecule has 1 heterocycles. The van der Waals surface area contributed by atoms with Crippen LogP contribution in [0.15, 0.2) is 24.5 Å². The van der Waals surface area contributed by atoms with Crippen molar-refractivity contribution in [2.75, 3.05) is 5.32 Å². The number of benzene rings is 1. The van der Waals surface area contributed by atoms with E-state index in [-0.39, 0.29) is 5.82 Å². The van der Waals surface area contributed by atoms with Crippen molar-refractivity contribution in [2.45, 2.75) is 6.54 Å². The number of hydrogen-bond acceptors (Lipinski definition) is 3. The normalized spacial score (nSPS) is 10.4. The van der Waals surface area contributed by atoms with E-state index in [0.717, 1.165) is 5.82 Å². The largest absolute Gasteiger partial charge is 0.377 e. The van der Waals surface area contributed by atoms with E-state index in [0.29, 0.717) is 17.3 Å². The van der Waals surface area contributed by atoms with Gasteiger partial charge in [-0.25, -0.2) is 4.39 Å².